The number of rotatable bonds is 4. The predicted octanol–water partition coefficient (Wildman–Crippen LogP) is 1.53. The molecule has 1 saturated heterocycles. The van der Waals surface area contributed by atoms with E-state index >= 15 is 0 Å². The summed E-state index contributed by atoms with van der Waals surface area (Å²) in [6.45, 7) is 0.657. The Morgan fingerprint density at radius 1 is 1.50 bits per heavy atom. The van der Waals surface area contributed by atoms with Gasteiger partial charge in [0, 0.05) is 25.1 Å². The number of carbonyl (C=O) groups is 2. The van der Waals surface area contributed by atoms with Gasteiger partial charge in [-0.3, -0.25) is 9.59 Å². The zero-order valence-electron chi connectivity index (χ0n) is 10.0. The fourth-order valence-electron chi connectivity index (χ4n) is 2.33. The van der Waals surface area contributed by atoms with Crippen LogP contribution >= 0.6 is 0 Å². The van der Waals surface area contributed by atoms with E-state index in [1.165, 1.54) is 12.3 Å². The van der Waals surface area contributed by atoms with Crippen molar-refractivity contribution in [3.63, 3.8) is 0 Å². The Morgan fingerprint density at radius 2 is 2.33 bits per heavy atom. The van der Waals surface area contributed by atoms with Crippen LogP contribution in [0.4, 0.5) is 0 Å². The van der Waals surface area contributed by atoms with Gasteiger partial charge in [-0.15, -0.1) is 0 Å². The van der Waals surface area contributed by atoms with E-state index in [1.807, 2.05) is 0 Å². The van der Waals surface area contributed by atoms with Crippen LogP contribution in [0.5, 0.6) is 0 Å². The van der Waals surface area contributed by atoms with E-state index in [1.54, 1.807) is 4.90 Å². The number of likely N-dealkylation sites (tertiary alicyclic amines) is 1. The highest BCUT2D eigenvalue weighted by molar-refractivity contribution is 5.91. The quantitative estimate of drug-likeness (QED) is 0.878. The second kappa shape index (κ2) is 5.66. The summed E-state index contributed by atoms with van der Waals surface area (Å²) in [5.74, 6) is -0.799. The van der Waals surface area contributed by atoms with Gasteiger partial charge in [-0.2, -0.15) is 0 Å². The van der Waals surface area contributed by atoms with Gasteiger partial charge < -0.3 is 14.5 Å². The fraction of sp³-hybridized carbons (Fsp3) is 0.583. The van der Waals surface area contributed by atoms with Crippen molar-refractivity contribution in [1.29, 1.82) is 0 Å². The van der Waals surface area contributed by atoms with Gasteiger partial charge in [0.2, 0.25) is 5.76 Å². The molecule has 98 valence electrons. The van der Waals surface area contributed by atoms with Gasteiger partial charge in [0.05, 0.1) is 6.20 Å². The summed E-state index contributed by atoms with van der Waals surface area (Å²) in [6.07, 6.45) is 4.85. The average molecular weight is 252 g/mol. The van der Waals surface area contributed by atoms with Gasteiger partial charge >= 0.3 is 5.97 Å². The number of aromatic nitrogens is 1. The van der Waals surface area contributed by atoms with Gasteiger partial charge in [0.1, 0.15) is 0 Å². The molecule has 0 bridgehead atoms. The minimum absolute atomic E-state index is 0.00699. The van der Waals surface area contributed by atoms with Crippen molar-refractivity contribution in [2.24, 2.45) is 0 Å². The molecular formula is C12H16N2O4. The van der Waals surface area contributed by atoms with Crippen LogP contribution in [0.1, 0.15) is 42.7 Å². The third-order valence-electron chi connectivity index (χ3n) is 3.23. The summed E-state index contributed by atoms with van der Waals surface area (Å²) in [5, 5.41) is 12.2. The molecule has 1 N–H and O–H groups in total. The molecule has 0 saturated carbocycles. The molecule has 6 heteroatoms. The minimum Gasteiger partial charge on any atom is -0.481 e. The SMILES string of the molecule is O=C(O)CCC1CCCCN1C(=O)c1ccno1. The lowest BCUT2D eigenvalue weighted by atomic mass is 9.97. The van der Waals surface area contributed by atoms with E-state index in [2.05, 4.69) is 5.16 Å². The zero-order chi connectivity index (χ0) is 13.0. The van der Waals surface area contributed by atoms with E-state index < -0.39 is 5.97 Å². The summed E-state index contributed by atoms with van der Waals surface area (Å²) < 4.78 is 4.86. The van der Waals surface area contributed by atoms with Crippen molar-refractivity contribution < 1.29 is 19.2 Å². The first-order chi connectivity index (χ1) is 8.68. The fourth-order valence-corrected chi connectivity index (χ4v) is 2.33. The molecule has 2 rings (SSSR count). The molecule has 1 amide bonds. The van der Waals surface area contributed by atoms with Gasteiger partial charge in [0.25, 0.3) is 5.91 Å². The second-order valence-electron chi connectivity index (χ2n) is 4.46. The van der Waals surface area contributed by atoms with Gasteiger partial charge in [-0.25, -0.2) is 0 Å². The number of carbonyl (C=O) groups excluding carboxylic acids is 1. The highest BCUT2D eigenvalue weighted by atomic mass is 16.5. The number of amides is 1. The molecule has 6 nitrogen and oxygen atoms in total. The molecule has 0 aliphatic carbocycles. The zero-order valence-corrected chi connectivity index (χ0v) is 10.0. The molecule has 1 aromatic heterocycles. The number of piperidine rings is 1. The molecule has 0 spiro atoms. The maximum Gasteiger partial charge on any atom is 0.303 e. The summed E-state index contributed by atoms with van der Waals surface area (Å²) in [7, 11) is 0. The third-order valence-corrected chi connectivity index (χ3v) is 3.23. The maximum atomic E-state index is 12.2. The highest BCUT2D eigenvalue weighted by Gasteiger charge is 2.29. The average Bonchev–Trinajstić information content (AvgIpc) is 2.89. The standard InChI is InChI=1S/C12H16N2O4/c15-11(16)5-4-9-3-1-2-8-14(9)12(17)10-6-7-13-18-10/h6-7,9H,1-5,8H2,(H,15,16). The van der Waals surface area contributed by atoms with Crippen molar-refractivity contribution in [3.05, 3.63) is 18.0 Å². The molecule has 1 aliphatic heterocycles. The molecule has 1 fully saturated rings. The lowest BCUT2D eigenvalue weighted by molar-refractivity contribution is -0.137. The number of hydrogen-bond donors (Lipinski definition) is 1. The predicted molar refractivity (Wildman–Crippen MR) is 62.0 cm³/mol. The molecule has 18 heavy (non-hydrogen) atoms. The van der Waals surface area contributed by atoms with Crippen molar-refractivity contribution in [2.75, 3.05) is 6.54 Å². The van der Waals surface area contributed by atoms with E-state index in [0.717, 1.165) is 19.3 Å². The van der Waals surface area contributed by atoms with Crippen LogP contribution in [0, 0.1) is 0 Å². The topological polar surface area (TPSA) is 83.6 Å². The first kappa shape index (κ1) is 12.6. The van der Waals surface area contributed by atoms with E-state index in [9.17, 15) is 9.59 Å². The molecule has 1 unspecified atom stereocenters. The first-order valence-electron chi connectivity index (χ1n) is 6.12. The Labute approximate surface area is 105 Å². The lowest BCUT2D eigenvalue weighted by Gasteiger charge is -2.34. The summed E-state index contributed by atoms with van der Waals surface area (Å²) in [5.41, 5.74) is 0. The monoisotopic (exact) mass is 252 g/mol. The van der Waals surface area contributed by atoms with Crippen LogP contribution in [0.15, 0.2) is 16.8 Å². The first-order valence-corrected chi connectivity index (χ1v) is 6.12. The smallest absolute Gasteiger partial charge is 0.303 e. The largest absolute Gasteiger partial charge is 0.481 e. The molecule has 1 aromatic rings. The molecule has 1 atom stereocenters. The van der Waals surface area contributed by atoms with Crippen molar-refractivity contribution in [3.8, 4) is 0 Å². The summed E-state index contributed by atoms with van der Waals surface area (Å²) >= 11 is 0. The van der Waals surface area contributed by atoms with E-state index in [0.29, 0.717) is 13.0 Å². The number of nitrogens with zero attached hydrogens (tertiary/aromatic N) is 2. The van der Waals surface area contributed by atoms with Gasteiger partial charge in [0.15, 0.2) is 0 Å². The molecule has 0 radical (unpaired) electrons. The van der Waals surface area contributed by atoms with Crippen LogP contribution in [0.2, 0.25) is 0 Å². The molecular weight excluding hydrogens is 236 g/mol. The van der Waals surface area contributed by atoms with Crippen molar-refractivity contribution >= 4 is 11.9 Å². The van der Waals surface area contributed by atoms with Crippen LogP contribution in [-0.2, 0) is 4.79 Å². The van der Waals surface area contributed by atoms with Crippen LogP contribution in [0.25, 0.3) is 0 Å². The number of aliphatic carboxylic acids is 1. The third kappa shape index (κ3) is 2.88. The lowest BCUT2D eigenvalue weighted by Crippen LogP contribution is -2.43. The Hall–Kier alpha value is -1.85. The number of hydrogen-bond acceptors (Lipinski definition) is 4. The Balaban J connectivity index is 2.03. The van der Waals surface area contributed by atoms with Gasteiger partial charge in [-0.1, -0.05) is 5.16 Å². The van der Waals surface area contributed by atoms with Crippen LogP contribution < -0.4 is 0 Å². The van der Waals surface area contributed by atoms with Crippen LogP contribution in [0.3, 0.4) is 0 Å². The van der Waals surface area contributed by atoms with Gasteiger partial charge in [-0.05, 0) is 25.7 Å². The van der Waals surface area contributed by atoms with Crippen molar-refractivity contribution in [2.45, 2.75) is 38.1 Å². The number of carboxylic acids is 1. The summed E-state index contributed by atoms with van der Waals surface area (Å²) in [4.78, 5) is 24.5. The Bertz CT molecular complexity index is 416. The Kier molecular flexibility index (Phi) is 3.96. The number of carboxylic acid groups (broad SMARTS) is 1. The maximum absolute atomic E-state index is 12.2. The summed E-state index contributed by atoms with van der Waals surface area (Å²) in [6, 6.07) is 1.53. The van der Waals surface area contributed by atoms with E-state index in [-0.39, 0.29) is 24.1 Å². The Morgan fingerprint density at radius 3 is 3.00 bits per heavy atom. The minimum atomic E-state index is -0.826. The van der Waals surface area contributed by atoms with Crippen LogP contribution in [-0.4, -0.2) is 39.6 Å². The second-order valence-corrected chi connectivity index (χ2v) is 4.46. The molecule has 1 aliphatic rings. The van der Waals surface area contributed by atoms with E-state index in [4.69, 9.17) is 9.63 Å². The van der Waals surface area contributed by atoms with Crippen molar-refractivity contribution in [1.82, 2.24) is 10.1 Å². The molecule has 2 heterocycles. The highest BCUT2D eigenvalue weighted by Crippen LogP contribution is 2.22. The normalized spacial score (nSPS) is 19.8. The molecule has 0 aromatic carbocycles.